The molecule has 0 radical (unpaired) electrons. The average molecular weight is 379 g/mol. The van der Waals surface area contributed by atoms with Crippen LogP contribution >= 0.6 is 0 Å². The number of halogens is 3. The lowest BCUT2D eigenvalue weighted by molar-refractivity contribution is -0.137. The highest BCUT2D eigenvalue weighted by molar-refractivity contribution is 5.26. The molecule has 27 heavy (non-hydrogen) atoms. The molecule has 146 valence electrons. The number of alkyl halides is 3. The van der Waals surface area contributed by atoms with E-state index in [2.05, 4.69) is 28.7 Å². The SMILES string of the molecule is CC(C)c1nccc(CN2CCOC(Cc3cccc(C(F)(F)F)c3)C2)n1. The summed E-state index contributed by atoms with van der Waals surface area (Å²) >= 11 is 0. The lowest BCUT2D eigenvalue weighted by Gasteiger charge is -2.33. The van der Waals surface area contributed by atoms with Crippen LogP contribution in [0.3, 0.4) is 0 Å². The van der Waals surface area contributed by atoms with Gasteiger partial charge in [0.15, 0.2) is 0 Å². The molecule has 0 amide bonds. The maximum absolute atomic E-state index is 12.9. The van der Waals surface area contributed by atoms with E-state index in [4.69, 9.17) is 4.74 Å². The van der Waals surface area contributed by atoms with E-state index in [1.165, 1.54) is 12.1 Å². The molecule has 4 nitrogen and oxygen atoms in total. The lowest BCUT2D eigenvalue weighted by atomic mass is 10.0. The van der Waals surface area contributed by atoms with Crippen LogP contribution in [0.25, 0.3) is 0 Å². The Kier molecular flexibility index (Phi) is 6.11. The second kappa shape index (κ2) is 8.35. The minimum atomic E-state index is -4.32. The standard InChI is InChI=1S/C20H24F3N3O/c1-14(2)19-24-7-6-17(25-19)12-26-8-9-27-18(13-26)11-15-4-3-5-16(10-15)20(21,22)23/h3-7,10,14,18H,8-9,11-13H2,1-2H3. The van der Waals surface area contributed by atoms with Gasteiger partial charge in [-0.05, 0) is 24.1 Å². The third kappa shape index (κ3) is 5.49. The van der Waals surface area contributed by atoms with Gasteiger partial charge in [-0.15, -0.1) is 0 Å². The van der Waals surface area contributed by atoms with Gasteiger partial charge in [-0.2, -0.15) is 13.2 Å². The molecule has 1 aliphatic heterocycles. The molecule has 7 heteroatoms. The first-order valence-electron chi connectivity index (χ1n) is 9.13. The first-order chi connectivity index (χ1) is 12.8. The van der Waals surface area contributed by atoms with Gasteiger partial charge < -0.3 is 4.74 Å². The summed E-state index contributed by atoms with van der Waals surface area (Å²) in [5, 5.41) is 0. The number of morpholine rings is 1. The Morgan fingerprint density at radius 3 is 2.81 bits per heavy atom. The number of hydrogen-bond donors (Lipinski definition) is 0. The summed E-state index contributed by atoms with van der Waals surface area (Å²) in [6, 6.07) is 7.38. The molecule has 1 aromatic heterocycles. The Morgan fingerprint density at radius 2 is 2.07 bits per heavy atom. The first-order valence-corrected chi connectivity index (χ1v) is 9.13. The molecule has 0 saturated carbocycles. The Morgan fingerprint density at radius 1 is 1.26 bits per heavy atom. The van der Waals surface area contributed by atoms with E-state index in [1.807, 2.05) is 6.07 Å². The molecule has 3 rings (SSSR count). The monoisotopic (exact) mass is 379 g/mol. The first kappa shape index (κ1) is 19.8. The Balaban J connectivity index is 1.62. The fourth-order valence-electron chi connectivity index (χ4n) is 3.19. The Labute approximate surface area is 157 Å². The molecule has 1 aromatic carbocycles. The number of aromatic nitrogens is 2. The van der Waals surface area contributed by atoms with Crippen LogP contribution in [0.15, 0.2) is 36.5 Å². The van der Waals surface area contributed by atoms with Crippen LogP contribution in [-0.4, -0.2) is 40.7 Å². The van der Waals surface area contributed by atoms with E-state index in [-0.39, 0.29) is 12.0 Å². The summed E-state index contributed by atoms with van der Waals surface area (Å²) in [6.07, 6.45) is -2.22. The van der Waals surface area contributed by atoms with Crippen molar-refractivity contribution in [3.63, 3.8) is 0 Å². The van der Waals surface area contributed by atoms with Crippen molar-refractivity contribution in [1.29, 1.82) is 0 Å². The number of benzene rings is 1. The summed E-state index contributed by atoms with van der Waals surface area (Å²) in [7, 11) is 0. The molecule has 1 atom stereocenters. The smallest absolute Gasteiger partial charge is 0.375 e. The van der Waals surface area contributed by atoms with Gasteiger partial charge in [0, 0.05) is 31.7 Å². The van der Waals surface area contributed by atoms with Crippen LogP contribution in [0, 0.1) is 0 Å². The van der Waals surface area contributed by atoms with Crippen LogP contribution in [0.5, 0.6) is 0 Å². The van der Waals surface area contributed by atoms with E-state index >= 15 is 0 Å². The van der Waals surface area contributed by atoms with Crippen LogP contribution in [-0.2, 0) is 23.9 Å². The highest BCUT2D eigenvalue weighted by atomic mass is 19.4. The van der Waals surface area contributed by atoms with Gasteiger partial charge in [-0.3, -0.25) is 4.90 Å². The zero-order valence-corrected chi connectivity index (χ0v) is 15.5. The second-order valence-corrected chi connectivity index (χ2v) is 7.19. The summed E-state index contributed by atoms with van der Waals surface area (Å²) in [5.41, 5.74) is 0.976. The molecule has 1 fully saturated rings. The van der Waals surface area contributed by atoms with E-state index in [0.29, 0.717) is 31.7 Å². The molecule has 1 saturated heterocycles. The molecule has 0 spiro atoms. The number of ether oxygens (including phenoxy) is 1. The van der Waals surface area contributed by atoms with Crippen molar-refractivity contribution in [2.24, 2.45) is 0 Å². The summed E-state index contributed by atoms with van der Waals surface area (Å²) in [6.45, 7) is 6.80. The van der Waals surface area contributed by atoms with Crippen molar-refractivity contribution >= 4 is 0 Å². The predicted octanol–water partition coefficient (Wildman–Crippen LogP) is 4.06. The Hall–Kier alpha value is -1.99. The molecule has 0 aliphatic carbocycles. The summed E-state index contributed by atoms with van der Waals surface area (Å²) in [5.74, 6) is 1.09. The third-order valence-electron chi connectivity index (χ3n) is 4.57. The van der Waals surface area contributed by atoms with E-state index in [0.717, 1.165) is 24.1 Å². The third-order valence-corrected chi connectivity index (χ3v) is 4.57. The van der Waals surface area contributed by atoms with Crippen molar-refractivity contribution in [2.75, 3.05) is 19.7 Å². The van der Waals surface area contributed by atoms with Crippen molar-refractivity contribution in [1.82, 2.24) is 14.9 Å². The maximum atomic E-state index is 12.9. The predicted molar refractivity (Wildman–Crippen MR) is 96.3 cm³/mol. The largest absolute Gasteiger partial charge is 0.416 e. The van der Waals surface area contributed by atoms with E-state index < -0.39 is 11.7 Å². The maximum Gasteiger partial charge on any atom is 0.416 e. The average Bonchev–Trinajstić information content (AvgIpc) is 2.62. The van der Waals surface area contributed by atoms with Gasteiger partial charge in [0.2, 0.25) is 0 Å². The Bertz CT molecular complexity index is 764. The summed E-state index contributed by atoms with van der Waals surface area (Å²) < 4.78 is 44.4. The molecule has 0 bridgehead atoms. The van der Waals surface area contributed by atoms with Crippen LogP contribution < -0.4 is 0 Å². The highest BCUT2D eigenvalue weighted by Gasteiger charge is 2.30. The van der Waals surface area contributed by atoms with Gasteiger partial charge in [0.25, 0.3) is 0 Å². The van der Waals surface area contributed by atoms with E-state index in [1.54, 1.807) is 12.3 Å². The number of nitrogens with zero attached hydrogens (tertiary/aromatic N) is 3. The minimum absolute atomic E-state index is 0.131. The van der Waals surface area contributed by atoms with E-state index in [9.17, 15) is 13.2 Å². The van der Waals surface area contributed by atoms with Gasteiger partial charge >= 0.3 is 6.18 Å². The quantitative estimate of drug-likeness (QED) is 0.785. The molecule has 1 unspecified atom stereocenters. The molecular formula is C20H24F3N3O. The normalized spacial score (nSPS) is 18.8. The van der Waals surface area contributed by atoms with Crippen molar-refractivity contribution in [3.05, 3.63) is 59.2 Å². The zero-order valence-electron chi connectivity index (χ0n) is 15.5. The molecular weight excluding hydrogens is 355 g/mol. The number of hydrogen-bond acceptors (Lipinski definition) is 4. The fraction of sp³-hybridized carbons (Fsp3) is 0.500. The topological polar surface area (TPSA) is 38.2 Å². The van der Waals surface area contributed by atoms with Gasteiger partial charge in [0.1, 0.15) is 5.82 Å². The lowest BCUT2D eigenvalue weighted by Crippen LogP contribution is -2.43. The molecule has 2 heterocycles. The molecule has 0 N–H and O–H groups in total. The molecule has 2 aromatic rings. The van der Waals surface area contributed by atoms with Crippen molar-refractivity contribution < 1.29 is 17.9 Å². The van der Waals surface area contributed by atoms with Crippen molar-refractivity contribution in [3.8, 4) is 0 Å². The van der Waals surface area contributed by atoms with Crippen LogP contribution in [0.4, 0.5) is 13.2 Å². The highest BCUT2D eigenvalue weighted by Crippen LogP contribution is 2.30. The van der Waals surface area contributed by atoms with Gasteiger partial charge in [-0.1, -0.05) is 32.0 Å². The van der Waals surface area contributed by atoms with Crippen molar-refractivity contribution in [2.45, 2.75) is 45.0 Å². The summed E-state index contributed by atoms with van der Waals surface area (Å²) in [4.78, 5) is 11.1. The minimum Gasteiger partial charge on any atom is -0.375 e. The van der Waals surface area contributed by atoms with Crippen LogP contribution in [0.2, 0.25) is 0 Å². The van der Waals surface area contributed by atoms with Gasteiger partial charge in [-0.25, -0.2) is 9.97 Å². The van der Waals surface area contributed by atoms with Crippen LogP contribution in [0.1, 0.15) is 42.4 Å². The zero-order chi connectivity index (χ0) is 19.4. The molecule has 1 aliphatic rings. The van der Waals surface area contributed by atoms with Gasteiger partial charge in [0.05, 0.1) is 24.0 Å². The number of rotatable bonds is 5. The fourth-order valence-corrected chi connectivity index (χ4v) is 3.19. The second-order valence-electron chi connectivity index (χ2n) is 7.19.